The summed E-state index contributed by atoms with van der Waals surface area (Å²) in [6.45, 7) is 9.93. The van der Waals surface area contributed by atoms with Crippen molar-refractivity contribution in [2.45, 2.75) is 39.5 Å². The summed E-state index contributed by atoms with van der Waals surface area (Å²) in [5.74, 6) is 2.11. The molecule has 1 aromatic heterocycles. The first-order valence-corrected chi connectivity index (χ1v) is 7.18. The van der Waals surface area contributed by atoms with Crippen molar-refractivity contribution >= 4 is 5.96 Å². The topological polar surface area (TPSA) is 75.3 Å². The highest BCUT2D eigenvalue weighted by Gasteiger charge is 2.03. The van der Waals surface area contributed by atoms with Crippen molar-refractivity contribution in [1.29, 1.82) is 0 Å². The summed E-state index contributed by atoms with van der Waals surface area (Å²) in [6.07, 6.45) is 6.02. The van der Waals surface area contributed by atoms with Gasteiger partial charge in [0.1, 0.15) is 0 Å². The fourth-order valence-electron chi connectivity index (χ4n) is 1.63. The summed E-state index contributed by atoms with van der Waals surface area (Å²) in [6, 6.07) is 0. The fraction of sp³-hybridized carbons (Fsp3) is 0.643. The number of aryl methyl sites for hydroxylation is 1. The van der Waals surface area contributed by atoms with Crippen molar-refractivity contribution in [3.05, 3.63) is 24.4 Å². The molecule has 0 radical (unpaired) electrons. The summed E-state index contributed by atoms with van der Waals surface area (Å²) < 4.78 is 5.06. The van der Waals surface area contributed by atoms with Gasteiger partial charge in [-0.25, -0.2) is 0 Å². The van der Waals surface area contributed by atoms with Gasteiger partial charge in [0.15, 0.2) is 11.8 Å². The second kappa shape index (κ2) is 10.00. The van der Waals surface area contributed by atoms with E-state index in [-0.39, 0.29) is 0 Å². The Labute approximate surface area is 120 Å². The van der Waals surface area contributed by atoms with Crippen LogP contribution in [0.3, 0.4) is 0 Å². The van der Waals surface area contributed by atoms with Gasteiger partial charge < -0.3 is 15.2 Å². The zero-order valence-electron chi connectivity index (χ0n) is 12.5. The minimum absolute atomic E-state index is 0.643. The van der Waals surface area contributed by atoms with Crippen LogP contribution in [0.5, 0.6) is 0 Å². The molecule has 2 N–H and O–H groups in total. The molecule has 0 saturated carbocycles. The lowest BCUT2D eigenvalue weighted by molar-refractivity contribution is 0.374. The monoisotopic (exact) mass is 279 g/mol. The molecule has 112 valence electrons. The minimum Gasteiger partial charge on any atom is -0.356 e. The molecule has 6 nitrogen and oxygen atoms in total. The van der Waals surface area contributed by atoms with Crippen LogP contribution in [0.4, 0.5) is 0 Å². The normalized spacial score (nSPS) is 11.4. The van der Waals surface area contributed by atoms with E-state index in [1.165, 1.54) is 12.8 Å². The lowest BCUT2D eigenvalue weighted by Gasteiger charge is -2.10. The van der Waals surface area contributed by atoms with Gasteiger partial charge in [0.25, 0.3) is 0 Å². The average Bonchev–Trinajstić information content (AvgIpc) is 2.85. The number of hydrogen-bond donors (Lipinski definition) is 2. The molecule has 0 spiro atoms. The standard InChI is InChI=1S/C14H25N5O/c1-4-6-7-10-16-14(15-9-5-2)17-11-8-13-18-12(3)19-20-13/h5H,2,4,6-11H2,1,3H3,(H2,15,16,17). The smallest absolute Gasteiger partial charge is 0.228 e. The number of nitrogens with zero attached hydrogens (tertiary/aromatic N) is 3. The molecule has 0 unspecified atom stereocenters. The van der Waals surface area contributed by atoms with Gasteiger partial charge in [0.2, 0.25) is 5.89 Å². The Bertz CT molecular complexity index is 413. The third-order valence-corrected chi connectivity index (χ3v) is 2.65. The summed E-state index contributed by atoms with van der Waals surface area (Å²) in [5.41, 5.74) is 0. The maximum atomic E-state index is 5.06. The molecule has 6 heteroatoms. The van der Waals surface area contributed by atoms with E-state index in [1.54, 1.807) is 0 Å². The van der Waals surface area contributed by atoms with Gasteiger partial charge in [0, 0.05) is 26.1 Å². The molecule has 0 aliphatic rings. The summed E-state index contributed by atoms with van der Waals surface area (Å²) in [5, 5.41) is 10.2. The highest BCUT2D eigenvalue weighted by atomic mass is 16.5. The molecule has 1 rings (SSSR count). The molecular weight excluding hydrogens is 254 g/mol. The molecule has 0 aliphatic heterocycles. The Morgan fingerprint density at radius 1 is 1.40 bits per heavy atom. The van der Waals surface area contributed by atoms with E-state index in [0.717, 1.165) is 18.9 Å². The zero-order chi connectivity index (χ0) is 14.6. The van der Waals surface area contributed by atoms with Crippen molar-refractivity contribution in [3.63, 3.8) is 0 Å². The first-order chi connectivity index (χ1) is 9.76. The van der Waals surface area contributed by atoms with E-state index in [9.17, 15) is 0 Å². The van der Waals surface area contributed by atoms with Gasteiger partial charge in [-0.3, -0.25) is 4.99 Å². The molecule has 0 amide bonds. The first-order valence-electron chi connectivity index (χ1n) is 7.18. The number of aromatic nitrogens is 2. The Morgan fingerprint density at radius 2 is 2.25 bits per heavy atom. The second-order valence-corrected chi connectivity index (χ2v) is 4.52. The quantitative estimate of drug-likeness (QED) is 0.312. The number of nitrogens with one attached hydrogen (secondary N) is 2. The second-order valence-electron chi connectivity index (χ2n) is 4.52. The van der Waals surface area contributed by atoms with E-state index in [1.807, 2.05) is 13.0 Å². The molecule has 0 fully saturated rings. The van der Waals surface area contributed by atoms with Gasteiger partial charge in [0.05, 0.1) is 0 Å². The van der Waals surface area contributed by atoms with Gasteiger partial charge in [-0.2, -0.15) is 4.98 Å². The van der Waals surface area contributed by atoms with Crippen LogP contribution in [0.1, 0.15) is 37.9 Å². The predicted molar refractivity (Wildman–Crippen MR) is 80.8 cm³/mol. The van der Waals surface area contributed by atoms with Gasteiger partial charge in [-0.1, -0.05) is 31.0 Å². The largest absolute Gasteiger partial charge is 0.356 e. The van der Waals surface area contributed by atoms with Crippen LogP contribution in [0.25, 0.3) is 0 Å². The lowest BCUT2D eigenvalue weighted by Crippen LogP contribution is -2.38. The molecule has 1 aromatic rings. The maximum Gasteiger partial charge on any atom is 0.228 e. The highest BCUT2D eigenvalue weighted by molar-refractivity contribution is 5.79. The lowest BCUT2D eigenvalue weighted by atomic mass is 10.2. The molecular formula is C14H25N5O. The minimum atomic E-state index is 0.643. The van der Waals surface area contributed by atoms with Crippen LogP contribution >= 0.6 is 0 Å². The van der Waals surface area contributed by atoms with Crippen LogP contribution in [0.15, 0.2) is 22.2 Å². The Hall–Kier alpha value is -1.85. The number of aliphatic imine (C=N–C) groups is 1. The maximum absolute atomic E-state index is 5.06. The number of guanidine groups is 1. The highest BCUT2D eigenvalue weighted by Crippen LogP contribution is 1.96. The molecule has 0 saturated heterocycles. The molecule has 0 atom stereocenters. The summed E-state index contributed by atoms with van der Waals surface area (Å²) >= 11 is 0. The molecule has 0 aromatic carbocycles. The predicted octanol–water partition coefficient (Wildman–Crippen LogP) is 1.83. The zero-order valence-corrected chi connectivity index (χ0v) is 12.5. The van der Waals surface area contributed by atoms with Crippen LogP contribution in [0.2, 0.25) is 0 Å². The third-order valence-electron chi connectivity index (χ3n) is 2.65. The van der Waals surface area contributed by atoms with Crippen LogP contribution in [-0.4, -0.2) is 35.7 Å². The SMILES string of the molecule is C=CCNC(=NCCCCC)NCCc1nc(C)no1. The summed E-state index contributed by atoms with van der Waals surface area (Å²) in [7, 11) is 0. The number of hydrogen-bond acceptors (Lipinski definition) is 4. The van der Waals surface area contributed by atoms with Crippen molar-refractivity contribution in [2.75, 3.05) is 19.6 Å². The molecule has 0 aliphatic carbocycles. The summed E-state index contributed by atoms with van der Waals surface area (Å²) in [4.78, 5) is 8.68. The van der Waals surface area contributed by atoms with Crippen LogP contribution < -0.4 is 10.6 Å². The van der Waals surface area contributed by atoms with Crippen molar-refractivity contribution in [3.8, 4) is 0 Å². The Kier molecular flexibility index (Phi) is 8.10. The number of unbranched alkanes of at least 4 members (excludes halogenated alkanes) is 2. The van der Waals surface area contributed by atoms with Crippen LogP contribution in [0, 0.1) is 6.92 Å². The van der Waals surface area contributed by atoms with E-state index in [0.29, 0.717) is 31.2 Å². The Morgan fingerprint density at radius 3 is 2.90 bits per heavy atom. The van der Waals surface area contributed by atoms with Gasteiger partial charge in [-0.15, -0.1) is 6.58 Å². The van der Waals surface area contributed by atoms with Crippen LogP contribution in [-0.2, 0) is 6.42 Å². The van der Waals surface area contributed by atoms with Crippen molar-refractivity contribution in [1.82, 2.24) is 20.8 Å². The van der Waals surface area contributed by atoms with Gasteiger partial charge in [-0.05, 0) is 13.3 Å². The third kappa shape index (κ3) is 6.92. The van der Waals surface area contributed by atoms with Crippen molar-refractivity contribution < 1.29 is 4.52 Å². The van der Waals surface area contributed by atoms with Crippen molar-refractivity contribution in [2.24, 2.45) is 4.99 Å². The first kappa shape index (κ1) is 16.2. The number of rotatable bonds is 9. The van der Waals surface area contributed by atoms with E-state index >= 15 is 0 Å². The van der Waals surface area contributed by atoms with E-state index < -0.39 is 0 Å². The molecule has 1 heterocycles. The average molecular weight is 279 g/mol. The van der Waals surface area contributed by atoms with E-state index in [4.69, 9.17) is 4.52 Å². The molecule has 20 heavy (non-hydrogen) atoms. The fourth-order valence-corrected chi connectivity index (χ4v) is 1.63. The van der Waals surface area contributed by atoms with E-state index in [2.05, 4.69) is 39.3 Å². The van der Waals surface area contributed by atoms with Gasteiger partial charge >= 0.3 is 0 Å². The molecule has 0 bridgehead atoms. The Balaban J connectivity index is 2.33.